The molecule has 0 bridgehead atoms. The third kappa shape index (κ3) is 6.23. The number of pyridine rings is 1. The average molecular weight is 382 g/mol. The maximum Gasteiger partial charge on any atom is 0.241 e. The Morgan fingerprint density at radius 1 is 1.32 bits per heavy atom. The van der Waals surface area contributed by atoms with Crippen LogP contribution in [-0.2, 0) is 4.79 Å². The van der Waals surface area contributed by atoms with Crippen molar-refractivity contribution in [1.82, 2.24) is 4.98 Å². The first-order valence-electron chi connectivity index (χ1n) is 7.76. The van der Waals surface area contributed by atoms with E-state index in [2.05, 4.69) is 10.3 Å². The Morgan fingerprint density at radius 3 is 2.72 bits per heavy atom. The molecule has 7 heteroatoms. The summed E-state index contributed by atoms with van der Waals surface area (Å²) in [5.41, 5.74) is 8.69. The van der Waals surface area contributed by atoms with Crippen molar-refractivity contribution in [2.24, 2.45) is 5.73 Å². The van der Waals surface area contributed by atoms with Crippen molar-refractivity contribution in [2.75, 3.05) is 17.3 Å². The number of carbonyl (C=O) groups excluding carboxylic acids is 1. The number of carbonyl (C=O) groups is 1. The number of anilines is 1. The van der Waals surface area contributed by atoms with E-state index in [4.69, 9.17) is 10.5 Å². The molecule has 0 aliphatic heterocycles. The zero-order chi connectivity index (χ0) is 17.5. The van der Waals surface area contributed by atoms with Crippen LogP contribution in [0.3, 0.4) is 0 Å². The standard InChI is InChI=1S/C18H23N3O2S.ClH/c1-12-5-4-6-16(13(12)2)23-17-8-7-14(11-20-17)21-18(22)15(19)9-10-24-3;/h4-8,11,15H,9-10,19H2,1-3H3,(H,21,22);1H/t15-;/m0./s1. The molecule has 0 saturated carbocycles. The van der Waals surface area contributed by atoms with Gasteiger partial charge >= 0.3 is 0 Å². The smallest absolute Gasteiger partial charge is 0.241 e. The lowest BCUT2D eigenvalue weighted by Crippen LogP contribution is -2.36. The minimum atomic E-state index is -0.511. The highest BCUT2D eigenvalue weighted by atomic mass is 35.5. The van der Waals surface area contributed by atoms with Crippen molar-refractivity contribution >= 4 is 35.8 Å². The predicted octanol–water partition coefficient (Wildman–Crippen LogP) is 3.93. The number of thioether (sulfide) groups is 1. The predicted molar refractivity (Wildman–Crippen MR) is 107 cm³/mol. The normalized spacial score (nSPS) is 11.4. The van der Waals surface area contributed by atoms with Gasteiger partial charge in [-0.15, -0.1) is 12.4 Å². The molecule has 0 fully saturated rings. The number of rotatable bonds is 7. The van der Waals surface area contributed by atoms with Crippen molar-refractivity contribution < 1.29 is 9.53 Å². The SMILES string of the molecule is CSCC[C@H](N)C(=O)Nc1ccc(Oc2cccc(C)c2C)nc1.Cl. The molecule has 5 nitrogen and oxygen atoms in total. The summed E-state index contributed by atoms with van der Waals surface area (Å²) in [6, 6.07) is 8.86. The number of benzene rings is 1. The summed E-state index contributed by atoms with van der Waals surface area (Å²) >= 11 is 1.67. The lowest BCUT2D eigenvalue weighted by Gasteiger charge is -2.12. The van der Waals surface area contributed by atoms with E-state index in [1.807, 2.05) is 38.3 Å². The Bertz CT molecular complexity index is 695. The second-order valence-electron chi connectivity index (χ2n) is 5.56. The topological polar surface area (TPSA) is 77.2 Å². The number of aromatic nitrogens is 1. The molecule has 0 radical (unpaired) electrons. The van der Waals surface area contributed by atoms with E-state index in [1.54, 1.807) is 30.1 Å². The fourth-order valence-electron chi connectivity index (χ4n) is 2.07. The average Bonchev–Trinajstić information content (AvgIpc) is 2.58. The first-order valence-corrected chi connectivity index (χ1v) is 9.16. The highest BCUT2D eigenvalue weighted by molar-refractivity contribution is 7.98. The number of amides is 1. The van der Waals surface area contributed by atoms with Crippen LogP contribution in [0, 0.1) is 13.8 Å². The maximum absolute atomic E-state index is 12.0. The van der Waals surface area contributed by atoms with E-state index in [0.29, 0.717) is 18.0 Å². The van der Waals surface area contributed by atoms with E-state index < -0.39 is 6.04 Å². The lowest BCUT2D eigenvalue weighted by molar-refractivity contribution is -0.117. The molecule has 0 spiro atoms. The summed E-state index contributed by atoms with van der Waals surface area (Å²) in [5, 5.41) is 2.77. The molecule has 0 unspecified atom stereocenters. The van der Waals surface area contributed by atoms with Gasteiger partial charge in [0.1, 0.15) is 5.75 Å². The van der Waals surface area contributed by atoms with Crippen molar-refractivity contribution in [2.45, 2.75) is 26.3 Å². The summed E-state index contributed by atoms with van der Waals surface area (Å²) in [5.74, 6) is 1.91. The van der Waals surface area contributed by atoms with Gasteiger partial charge in [0.2, 0.25) is 11.8 Å². The minimum absolute atomic E-state index is 0. The maximum atomic E-state index is 12.0. The fourth-order valence-corrected chi connectivity index (χ4v) is 2.56. The molecule has 2 aromatic rings. The number of halogens is 1. The molecular formula is C18H24ClN3O2S. The second kappa shape index (κ2) is 10.3. The van der Waals surface area contributed by atoms with Crippen molar-refractivity contribution in [1.29, 1.82) is 0 Å². The van der Waals surface area contributed by atoms with Gasteiger partial charge in [0.05, 0.1) is 17.9 Å². The summed E-state index contributed by atoms with van der Waals surface area (Å²) in [4.78, 5) is 16.2. The quantitative estimate of drug-likeness (QED) is 0.759. The summed E-state index contributed by atoms with van der Waals surface area (Å²) in [7, 11) is 0. The molecule has 0 aliphatic carbocycles. The number of hydrogen-bond acceptors (Lipinski definition) is 5. The van der Waals surface area contributed by atoms with Gasteiger partial charge in [-0.3, -0.25) is 4.79 Å². The molecule has 3 N–H and O–H groups in total. The first-order chi connectivity index (χ1) is 11.5. The van der Waals surface area contributed by atoms with Crippen LogP contribution in [0.2, 0.25) is 0 Å². The third-order valence-corrected chi connectivity index (χ3v) is 4.39. The number of nitrogens with two attached hydrogens (primary N) is 1. The molecule has 136 valence electrons. The van der Waals surface area contributed by atoms with Crippen LogP contribution in [0.1, 0.15) is 17.5 Å². The van der Waals surface area contributed by atoms with Gasteiger partial charge in [0.25, 0.3) is 0 Å². The van der Waals surface area contributed by atoms with E-state index in [-0.39, 0.29) is 18.3 Å². The number of ether oxygens (including phenoxy) is 1. The molecule has 2 rings (SSSR count). The number of nitrogens with one attached hydrogen (secondary N) is 1. The number of aryl methyl sites for hydroxylation is 1. The van der Waals surface area contributed by atoms with Crippen molar-refractivity contribution in [3.05, 3.63) is 47.7 Å². The van der Waals surface area contributed by atoms with E-state index in [0.717, 1.165) is 22.6 Å². The molecule has 1 heterocycles. The van der Waals surface area contributed by atoms with E-state index >= 15 is 0 Å². The fraction of sp³-hybridized carbons (Fsp3) is 0.333. The first kappa shape index (κ1) is 21.3. The van der Waals surface area contributed by atoms with Crippen LogP contribution in [0.15, 0.2) is 36.5 Å². The Labute approximate surface area is 159 Å². The van der Waals surface area contributed by atoms with Crippen LogP contribution >= 0.6 is 24.2 Å². The lowest BCUT2D eigenvalue weighted by atomic mass is 10.1. The molecule has 0 aliphatic rings. The van der Waals surface area contributed by atoms with E-state index in [1.165, 1.54) is 0 Å². The second-order valence-corrected chi connectivity index (χ2v) is 6.55. The molecule has 1 atom stereocenters. The molecule has 25 heavy (non-hydrogen) atoms. The third-order valence-electron chi connectivity index (χ3n) is 3.74. The number of nitrogens with zero attached hydrogens (tertiary/aromatic N) is 1. The minimum Gasteiger partial charge on any atom is -0.439 e. The Hall–Kier alpha value is -1.76. The molecule has 1 aromatic heterocycles. The molecule has 0 saturated heterocycles. The van der Waals surface area contributed by atoms with Crippen LogP contribution in [0.25, 0.3) is 0 Å². The summed E-state index contributed by atoms with van der Waals surface area (Å²) < 4.78 is 5.80. The number of hydrogen-bond donors (Lipinski definition) is 2. The van der Waals surface area contributed by atoms with Gasteiger partial charge in [-0.2, -0.15) is 11.8 Å². The summed E-state index contributed by atoms with van der Waals surface area (Å²) in [6.07, 6.45) is 4.21. The zero-order valence-corrected chi connectivity index (χ0v) is 16.2. The van der Waals surface area contributed by atoms with Crippen LogP contribution < -0.4 is 15.8 Å². The highest BCUT2D eigenvalue weighted by Gasteiger charge is 2.13. The molecular weight excluding hydrogens is 358 g/mol. The Morgan fingerprint density at radius 2 is 2.08 bits per heavy atom. The van der Waals surface area contributed by atoms with Gasteiger partial charge in [-0.1, -0.05) is 12.1 Å². The van der Waals surface area contributed by atoms with Gasteiger partial charge in [-0.05, 0) is 55.5 Å². The van der Waals surface area contributed by atoms with Crippen LogP contribution in [-0.4, -0.2) is 28.9 Å². The molecule has 1 amide bonds. The van der Waals surface area contributed by atoms with Crippen molar-refractivity contribution in [3.8, 4) is 11.6 Å². The van der Waals surface area contributed by atoms with Crippen molar-refractivity contribution in [3.63, 3.8) is 0 Å². The highest BCUT2D eigenvalue weighted by Crippen LogP contribution is 2.26. The summed E-state index contributed by atoms with van der Waals surface area (Å²) in [6.45, 7) is 4.05. The van der Waals surface area contributed by atoms with Crippen LogP contribution in [0.5, 0.6) is 11.6 Å². The Kier molecular flexibility index (Phi) is 8.75. The Balaban J connectivity index is 0.00000312. The molecule has 1 aromatic carbocycles. The van der Waals surface area contributed by atoms with Crippen LogP contribution in [0.4, 0.5) is 5.69 Å². The van der Waals surface area contributed by atoms with Gasteiger partial charge in [0.15, 0.2) is 0 Å². The van der Waals surface area contributed by atoms with Gasteiger partial charge in [-0.25, -0.2) is 4.98 Å². The largest absolute Gasteiger partial charge is 0.439 e. The van der Waals surface area contributed by atoms with Gasteiger partial charge < -0.3 is 15.8 Å². The monoisotopic (exact) mass is 381 g/mol. The zero-order valence-electron chi connectivity index (χ0n) is 14.6. The van der Waals surface area contributed by atoms with Gasteiger partial charge in [0, 0.05) is 6.07 Å². The van der Waals surface area contributed by atoms with E-state index in [9.17, 15) is 4.79 Å².